The molecule has 0 aliphatic carbocycles. The standard InChI is InChI=1S/C10H16BrN5O/c1-6-4-16(5-7(2)17-6)9-8(11)3-13-10(14-9)15-12/h3,6-7H,4-5,12H2,1-2H3,(H,13,14,15)/t6-,7+. The highest BCUT2D eigenvalue weighted by Crippen LogP contribution is 2.26. The minimum atomic E-state index is 0.190. The van der Waals surface area contributed by atoms with Crippen LogP contribution < -0.4 is 16.2 Å². The Balaban J connectivity index is 2.26. The largest absolute Gasteiger partial charge is 0.372 e. The van der Waals surface area contributed by atoms with Gasteiger partial charge in [-0.1, -0.05) is 0 Å². The van der Waals surface area contributed by atoms with E-state index in [4.69, 9.17) is 10.6 Å². The van der Waals surface area contributed by atoms with Crippen molar-refractivity contribution in [3.63, 3.8) is 0 Å². The van der Waals surface area contributed by atoms with Crippen molar-refractivity contribution in [3.05, 3.63) is 10.7 Å². The molecule has 2 rings (SSSR count). The summed E-state index contributed by atoms with van der Waals surface area (Å²) in [5.41, 5.74) is 2.46. The first kappa shape index (κ1) is 12.5. The highest BCUT2D eigenvalue weighted by atomic mass is 79.9. The van der Waals surface area contributed by atoms with E-state index in [1.54, 1.807) is 6.20 Å². The smallest absolute Gasteiger partial charge is 0.239 e. The van der Waals surface area contributed by atoms with Gasteiger partial charge in [-0.05, 0) is 29.8 Å². The zero-order chi connectivity index (χ0) is 12.4. The summed E-state index contributed by atoms with van der Waals surface area (Å²) in [7, 11) is 0. The lowest BCUT2D eigenvalue weighted by Crippen LogP contribution is -2.46. The van der Waals surface area contributed by atoms with Gasteiger partial charge in [0.2, 0.25) is 5.95 Å². The first-order valence-corrected chi connectivity index (χ1v) is 6.29. The van der Waals surface area contributed by atoms with Crippen molar-refractivity contribution in [2.45, 2.75) is 26.1 Å². The van der Waals surface area contributed by atoms with E-state index in [1.807, 2.05) is 0 Å². The lowest BCUT2D eigenvalue weighted by molar-refractivity contribution is -0.00550. The van der Waals surface area contributed by atoms with Crippen molar-refractivity contribution < 1.29 is 4.74 Å². The number of hydrazine groups is 1. The molecule has 6 nitrogen and oxygen atoms in total. The topological polar surface area (TPSA) is 76.3 Å². The summed E-state index contributed by atoms with van der Waals surface area (Å²) >= 11 is 3.46. The molecule has 1 aromatic heterocycles. The number of ether oxygens (including phenoxy) is 1. The number of nitrogens with zero attached hydrogens (tertiary/aromatic N) is 3. The van der Waals surface area contributed by atoms with Crippen LogP contribution in [0.2, 0.25) is 0 Å². The molecule has 3 N–H and O–H groups in total. The molecule has 0 amide bonds. The Morgan fingerprint density at radius 3 is 2.71 bits per heavy atom. The number of anilines is 2. The zero-order valence-corrected chi connectivity index (χ0v) is 11.4. The second kappa shape index (κ2) is 5.16. The van der Waals surface area contributed by atoms with Gasteiger partial charge in [-0.3, -0.25) is 5.43 Å². The monoisotopic (exact) mass is 301 g/mol. The Labute approximate surface area is 109 Å². The van der Waals surface area contributed by atoms with Gasteiger partial charge < -0.3 is 9.64 Å². The SMILES string of the molecule is C[C@@H]1CN(c2nc(NN)ncc2Br)C[C@H](C)O1. The summed E-state index contributed by atoms with van der Waals surface area (Å²) in [5.74, 6) is 6.57. The maximum Gasteiger partial charge on any atom is 0.239 e. The van der Waals surface area contributed by atoms with E-state index < -0.39 is 0 Å². The van der Waals surface area contributed by atoms with E-state index in [2.05, 4.69) is 50.1 Å². The Kier molecular flexibility index (Phi) is 3.80. The van der Waals surface area contributed by atoms with E-state index in [0.717, 1.165) is 23.4 Å². The fourth-order valence-corrected chi connectivity index (χ4v) is 2.44. The number of halogens is 1. The number of rotatable bonds is 2. The summed E-state index contributed by atoms with van der Waals surface area (Å²) in [6.45, 7) is 5.73. The summed E-state index contributed by atoms with van der Waals surface area (Å²) in [5, 5.41) is 0. The normalized spacial score (nSPS) is 24.8. The molecule has 94 valence electrons. The molecule has 0 aromatic carbocycles. The molecular formula is C10H16BrN5O. The molecule has 2 atom stereocenters. The fraction of sp³-hybridized carbons (Fsp3) is 0.600. The van der Waals surface area contributed by atoms with Crippen LogP contribution in [0.5, 0.6) is 0 Å². The van der Waals surface area contributed by atoms with Gasteiger partial charge in [0.05, 0.1) is 16.7 Å². The van der Waals surface area contributed by atoms with Gasteiger partial charge >= 0.3 is 0 Å². The third-order valence-electron chi connectivity index (χ3n) is 2.57. The van der Waals surface area contributed by atoms with Gasteiger partial charge in [0.25, 0.3) is 0 Å². The van der Waals surface area contributed by atoms with Crippen LogP contribution in [0.15, 0.2) is 10.7 Å². The Bertz CT molecular complexity index is 392. The molecule has 0 unspecified atom stereocenters. The maximum atomic E-state index is 5.69. The van der Waals surface area contributed by atoms with E-state index in [0.29, 0.717) is 5.95 Å². The predicted octanol–water partition coefficient (Wildman–Crippen LogP) is 1.14. The molecular weight excluding hydrogens is 286 g/mol. The molecule has 2 heterocycles. The second-order valence-corrected chi connectivity index (χ2v) is 5.03. The molecule has 1 aliphatic heterocycles. The van der Waals surface area contributed by atoms with Crippen LogP contribution in [0.4, 0.5) is 11.8 Å². The second-order valence-electron chi connectivity index (χ2n) is 4.17. The van der Waals surface area contributed by atoms with E-state index in [-0.39, 0.29) is 12.2 Å². The van der Waals surface area contributed by atoms with Gasteiger partial charge in [-0.15, -0.1) is 0 Å². The third-order valence-corrected chi connectivity index (χ3v) is 3.13. The van der Waals surface area contributed by atoms with Crippen molar-refractivity contribution in [2.75, 3.05) is 23.4 Å². The number of nitrogen functional groups attached to an aromatic ring is 1. The minimum Gasteiger partial charge on any atom is -0.372 e. The van der Waals surface area contributed by atoms with Gasteiger partial charge in [0, 0.05) is 19.3 Å². The van der Waals surface area contributed by atoms with Crippen LogP contribution in [0.3, 0.4) is 0 Å². The molecule has 1 saturated heterocycles. The summed E-state index contributed by atoms with van der Waals surface area (Å²) in [6.07, 6.45) is 2.08. The number of morpholine rings is 1. The van der Waals surface area contributed by atoms with Crippen LogP contribution in [0.1, 0.15) is 13.8 Å². The average molecular weight is 302 g/mol. The lowest BCUT2D eigenvalue weighted by Gasteiger charge is -2.36. The van der Waals surface area contributed by atoms with Crippen LogP contribution in [0.25, 0.3) is 0 Å². The number of hydrogen-bond acceptors (Lipinski definition) is 6. The first-order valence-electron chi connectivity index (χ1n) is 5.49. The highest BCUT2D eigenvalue weighted by Gasteiger charge is 2.24. The molecule has 0 spiro atoms. The zero-order valence-electron chi connectivity index (χ0n) is 9.85. The Morgan fingerprint density at radius 1 is 1.47 bits per heavy atom. The number of nitrogens with two attached hydrogens (primary N) is 1. The summed E-state index contributed by atoms with van der Waals surface area (Å²) in [6, 6.07) is 0. The van der Waals surface area contributed by atoms with Crippen molar-refractivity contribution in [1.29, 1.82) is 0 Å². The van der Waals surface area contributed by atoms with Crippen LogP contribution in [-0.2, 0) is 4.74 Å². The molecule has 7 heteroatoms. The Hall–Kier alpha value is -0.920. The first-order chi connectivity index (χ1) is 8.10. The van der Waals surface area contributed by atoms with E-state index >= 15 is 0 Å². The molecule has 0 radical (unpaired) electrons. The molecule has 0 saturated carbocycles. The molecule has 1 aliphatic rings. The van der Waals surface area contributed by atoms with Gasteiger partial charge in [0.1, 0.15) is 5.82 Å². The number of aromatic nitrogens is 2. The fourth-order valence-electron chi connectivity index (χ4n) is 2.00. The van der Waals surface area contributed by atoms with Gasteiger partial charge in [0.15, 0.2) is 0 Å². The van der Waals surface area contributed by atoms with Crippen molar-refractivity contribution >= 4 is 27.7 Å². The van der Waals surface area contributed by atoms with Gasteiger partial charge in [-0.25, -0.2) is 10.8 Å². The van der Waals surface area contributed by atoms with Crippen LogP contribution >= 0.6 is 15.9 Å². The molecule has 17 heavy (non-hydrogen) atoms. The molecule has 1 aromatic rings. The Morgan fingerprint density at radius 2 is 2.12 bits per heavy atom. The van der Waals surface area contributed by atoms with Gasteiger partial charge in [-0.2, -0.15) is 4.98 Å². The highest BCUT2D eigenvalue weighted by molar-refractivity contribution is 9.10. The van der Waals surface area contributed by atoms with Crippen molar-refractivity contribution in [1.82, 2.24) is 9.97 Å². The van der Waals surface area contributed by atoms with Crippen LogP contribution in [-0.4, -0.2) is 35.3 Å². The number of nitrogens with one attached hydrogen (secondary N) is 1. The van der Waals surface area contributed by atoms with Crippen molar-refractivity contribution in [3.8, 4) is 0 Å². The van der Waals surface area contributed by atoms with E-state index in [9.17, 15) is 0 Å². The number of hydrogen-bond donors (Lipinski definition) is 2. The quantitative estimate of drug-likeness (QED) is 0.630. The van der Waals surface area contributed by atoms with Crippen molar-refractivity contribution in [2.24, 2.45) is 5.84 Å². The maximum absolute atomic E-state index is 5.69. The van der Waals surface area contributed by atoms with Crippen LogP contribution in [0, 0.1) is 0 Å². The predicted molar refractivity (Wildman–Crippen MR) is 69.8 cm³/mol. The molecule has 1 fully saturated rings. The average Bonchev–Trinajstić information content (AvgIpc) is 2.28. The van der Waals surface area contributed by atoms with E-state index in [1.165, 1.54) is 0 Å². The summed E-state index contributed by atoms with van der Waals surface area (Å²) < 4.78 is 6.55. The molecule has 0 bridgehead atoms. The third kappa shape index (κ3) is 2.85. The minimum absolute atomic E-state index is 0.190. The lowest BCUT2D eigenvalue weighted by atomic mass is 10.2. The summed E-state index contributed by atoms with van der Waals surface area (Å²) in [4.78, 5) is 10.6.